The molecule has 2 rings (SSSR count). The summed E-state index contributed by atoms with van der Waals surface area (Å²) in [6.07, 6.45) is 2.27. The minimum absolute atomic E-state index is 0.295. The van der Waals surface area contributed by atoms with E-state index in [0.29, 0.717) is 16.9 Å². The molecular formula is C8H11ClN4. The molecule has 1 aromatic heterocycles. The van der Waals surface area contributed by atoms with Crippen LogP contribution in [0.1, 0.15) is 24.6 Å². The number of nitrogens with zero attached hydrogens (tertiary/aromatic N) is 2. The largest absolute Gasteiger partial charge is 0.381 e. The first-order valence-electron chi connectivity index (χ1n) is 4.29. The molecule has 70 valence electrons. The van der Waals surface area contributed by atoms with Crippen molar-refractivity contribution in [2.24, 2.45) is 0 Å². The first-order chi connectivity index (χ1) is 6.27. The van der Waals surface area contributed by atoms with Gasteiger partial charge in [0.1, 0.15) is 0 Å². The molecule has 1 aliphatic rings. The Balaban J connectivity index is 2.25. The van der Waals surface area contributed by atoms with Crippen LogP contribution in [-0.4, -0.2) is 16.7 Å². The Morgan fingerprint density at radius 3 is 3.00 bits per heavy atom. The van der Waals surface area contributed by atoms with E-state index in [4.69, 9.17) is 17.3 Å². The molecule has 0 radical (unpaired) electrons. The normalized spacial score (nSPS) is 22.1. The van der Waals surface area contributed by atoms with Crippen LogP contribution in [-0.2, 0) is 0 Å². The van der Waals surface area contributed by atoms with Gasteiger partial charge in [0.25, 0.3) is 0 Å². The molecule has 1 saturated heterocycles. The van der Waals surface area contributed by atoms with E-state index in [1.54, 1.807) is 6.07 Å². The molecule has 0 aliphatic carbocycles. The highest BCUT2D eigenvalue weighted by atomic mass is 35.5. The van der Waals surface area contributed by atoms with Gasteiger partial charge in [-0.05, 0) is 25.5 Å². The lowest BCUT2D eigenvalue weighted by molar-refractivity contribution is 0.617. The minimum atomic E-state index is 0.295. The molecule has 0 bridgehead atoms. The Kier molecular flexibility index (Phi) is 2.33. The van der Waals surface area contributed by atoms with Crippen LogP contribution in [0.5, 0.6) is 0 Å². The van der Waals surface area contributed by atoms with E-state index in [1.807, 2.05) is 0 Å². The molecule has 1 fully saturated rings. The number of halogens is 1. The van der Waals surface area contributed by atoms with E-state index >= 15 is 0 Å². The summed E-state index contributed by atoms with van der Waals surface area (Å²) in [4.78, 5) is 0. The third-order valence-corrected chi connectivity index (χ3v) is 2.51. The van der Waals surface area contributed by atoms with Crippen molar-refractivity contribution in [1.82, 2.24) is 15.5 Å². The lowest BCUT2D eigenvalue weighted by Crippen LogP contribution is -2.15. The fraction of sp³-hybridized carbons (Fsp3) is 0.500. The Hall–Kier alpha value is -0.870. The van der Waals surface area contributed by atoms with Crippen molar-refractivity contribution in [2.75, 3.05) is 12.3 Å². The highest BCUT2D eigenvalue weighted by Crippen LogP contribution is 2.24. The number of nitrogens with one attached hydrogen (secondary N) is 1. The molecule has 0 amide bonds. The highest BCUT2D eigenvalue weighted by molar-refractivity contribution is 6.32. The predicted molar refractivity (Wildman–Crippen MR) is 51.4 cm³/mol. The molecular weight excluding hydrogens is 188 g/mol. The number of anilines is 1. The standard InChI is InChI=1S/C8H11ClN4/c9-5-4-7(12-13-8(5)10)6-2-1-3-11-6/h4,6,11H,1-3H2,(H2,10,13). The summed E-state index contributed by atoms with van der Waals surface area (Å²) in [7, 11) is 0. The number of rotatable bonds is 1. The SMILES string of the molecule is Nc1nnc(C2CCCN2)cc1Cl. The van der Waals surface area contributed by atoms with Gasteiger partial charge >= 0.3 is 0 Å². The molecule has 5 heteroatoms. The molecule has 2 heterocycles. The van der Waals surface area contributed by atoms with Gasteiger partial charge in [0, 0.05) is 0 Å². The monoisotopic (exact) mass is 198 g/mol. The summed E-state index contributed by atoms with van der Waals surface area (Å²) in [6, 6.07) is 2.08. The van der Waals surface area contributed by atoms with E-state index in [2.05, 4.69) is 15.5 Å². The van der Waals surface area contributed by atoms with Crippen molar-refractivity contribution in [3.63, 3.8) is 0 Å². The van der Waals surface area contributed by atoms with Crippen molar-refractivity contribution in [1.29, 1.82) is 0 Å². The summed E-state index contributed by atoms with van der Waals surface area (Å²) < 4.78 is 0. The second-order valence-corrected chi connectivity index (χ2v) is 3.56. The summed E-state index contributed by atoms with van der Waals surface area (Å²) in [5.41, 5.74) is 6.35. The smallest absolute Gasteiger partial charge is 0.164 e. The van der Waals surface area contributed by atoms with Crippen molar-refractivity contribution in [3.8, 4) is 0 Å². The van der Waals surface area contributed by atoms with Crippen LogP contribution < -0.4 is 11.1 Å². The third kappa shape index (κ3) is 1.73. The van der Waals surface area contributed by atoms with Gasteiger partial charge in [-0.3, -0.25) is 0 Å². The van der Waals surface area contributed by atoms with Crippen LogP contribution in [0.3, 0.4) is 0 Å². The molecule has 1 unspecified atom stereocenters. The Morgan fingerprint density at radius 1 is 1.54 bits per heavy atom. The first kappa shape index (κ1) is 8.72. The van der Waals surface area contributed by atoms with E-state index in [0.717, 1.165) is 18.7 Å². The van der Waals surface area contributed by atoms with Crippen LogP contribution in [0.15, 0.2) is 6.07 Å². The Labute approximate surface area is 81.5 Å². The van der Waals surface area contributed by atoms with Gasteiger partial charge in [-0.15, -0.1) is 5.10 Å². The van der Waals surface area contributed by atoms with Crippen LogP contribution >= 0.6 is 11.6 Å². The van der Waals surface area contributed by atoms with Gasteiger partial charge < -0.3 is 11.1 Å². The molecule has 13 heavy (non-hydrogen) atoms. The number of nitrogens with two attached hydrogens (primary N) is 1. The van der Waals surface area contributed by atoms with Crippen molar-refractivity contribution >= 4 is 17.4 Å². The zero-order chi connectivity index (χ0) is 9.26. The molecule has 4 nitrogen and oxygen atoms in total. The number of hydrogen-bond acceptors (Lipinski definition) is 4. The maximum absolute atomic E-state index is 5.84. The summed E-state index contributed by atoms with van der Waals surface area (Å²) in [5.74, 6) is 0.295. The van der Waals surface area contributed by atoms with Gasteiger partial charge in [-0.25, -0.2) is 0 Å². The zero-order valence-corrected chi connectivity index (χ0v) is 7.88. The maximum atomic E-state index is 5.84. The van der Waals surface area contributed by atoms with Crippen molar-refractivity contribution in [3.05, 3.63) is 16.8 Å². The van der Waals surface area contributed by atoms with Gasteiger partial charge in [0.05, 0.1) is 16.8 Å². The maximum Gasteiger partial charge on any atom is 0.164 e. The second-order valence-electron chi connectivity index (χ2n) is 3.15. The summed E-state index contributed by atoms with van der Waals surface area (Å²) >= 11 is 5.84. The van der Waals surface area contributed by atoms with Gasteiger partial charge in [0.15, 0.2) is 5.82 Å². The number of hydrogen-bond donors (Lipinski definition) is 2. The lowest BCUT2D eigenvalue weighted by Gasteiger charge is -2.08. The molecule has 1 aromatic rings. The fourth-order valence-corrected chi connectivity index (χ4v) is 1.65. The average Bonchev–Trinajstić information content (AvgIpc) is 2.62. The Morgan fingerprint density at radius 2 is 2.38 bits per heavy atom. The van der Waals surface area contributed by atoms with E-state index < -0.39 is 0 Å². The topological polar surface area (TPSA) is 63.8 Å². The molecule has 0 aromatic carbocycles. The van der Waals surface area contributed by atoms with Crippen LogP contribution in [0.4, 0.5) is 5.82 Å². The first-order valence-corrected chi connectivity index (χ1v) is 4.67. The summed E-state index contributed by atoms with van der Waals surface area (Å²) in [6.45, 7) is 1.04. The van der Waals surface area contributed by atoms with Gasteiger partial charge in [-0.1, -0.05) is 11.6 Å². The lowest BCUT2D eigenvalue weighted by atomic mass is 10.1. The number of aromatic nitrogens is 2. The minimum Gasteiger partial charge on any atom is -0.381 e. The van der Waals surface area contributed by atoms with Crippen LogP contribution in [0, 0.1) is 0 Å². The molecule has 1 aliphatic heterocycles. The average molecular weight is 199 g/mol. The van der Waals surface area contributed by atoms with E-state index in [9.17, 15) is 0 Å². The number of nitrogen functional groups attached to an aromatic ring is 1. The van der Waals surface area contributed by atoms with Crippen molar-refractivity contribution in [2.45, 2.75) is 18.9 Å². The zero-order valence-electron chi connectivity index (χ0n) is 7.13. The molecule has 1 atom stereocenters. The quantitative estimate of drug-likeness (QED) is 0.710. The highest BCUT2D eigenvalue weighted by Gasteiger charge is 2.18. The molecule has 0 spiro atoms. The predicted octanol–water partition coefficient (Wildman–Crippen LogP) is 1.14. The Bertz CT molecular complexity index is 309. The van der Waals surface area contributed by atoms with Crippen LogP contribution in [0.2, 0.25) is 5.02 Å². The van der Waals surface area contributed by atoms with Crippen LogP contribution in [0.25, 0.3) is 0 Å². The summed E-state index contributed by atoms with van der Waals surface area (Å²) in [5, 5.41) is 11.6. The molecule has 0 saturated carbocycles. The fourth-order valence-electron chi connectivity index (χ4n) is 1.50. The van der Waals surface area contributed by atoms with Gasteiger partial charge in [-0.2, -0.15) is 5.10 Å². The van der Waals surface area contributed by atoms with E-state index in [-0.39, 0.29) is 0 Å². The third-order valence-electron chi connectivity index (χ3n) is 2.21. The van der Waals surface area contributed by atoms with E-state index in [1.165, 1.54) is 6.42 Å². The van der Waals surface area contributed by atoms with Crippen molar-refractivity contribution < 1.29 is 0 Å². The second kappa shape index (κ2) is 3.47. The van der Waals surface area contributed by atoms with Gasteiger partial charge in [0.2, 0.25) is 0 Å². The molecule has 3 N–H and O–H groups in total.